The third kappa shape index (κ3) is 3.46. The maximum Gasteiger partial charge on any atom is 0.338 e. The van der Waals surface area contributed by atoms with Crippen molar-refractivity contribution < 1.29 is 14.3 Å². The standard InChI is InChI=1S/C21H24N2O3/c22-11-14-1-3-18(4-2-14)20(25)26-12-19(24)23-13-21-8-15-5-16(9-21)7-17(6-15)10-21/h1-4,15-17H,5-10,12-13H2,(H,23,24). The van der Waals surface area contributed by atoms with Crippen LogP contribution in [0.25, 0.3) is 0 Å². The van der Waals surface area contributed by atoms with Crippen LogP contribution >= 0.6 is 0 Å². The lowest BCUT2D eigenvalue weighted by molar-refractivity contribution is -0.126. The number of carbonyl (C=O) groups excluding carboxylic acids is 2. The van der Waals surface area contributed by atoms with E-state index in [1.165, 1.54) is 50.7 Å². The summed E-state index contributed by atoms with van der Waals surface area (Å²) >= 11 is 0. The molecule has 26 heavy (non-hydrogen) atoms. The Labute approximate surface area is 153 Å². The van der Waals surface area contributed by atoms with Gasteiger partial charge in [0.25, 0.3) is 5.91 Å². The molecule has 0 unspecified atom stereocenters. The number of nitrogens with one attached hydrogen (secondary N) is 1. The number of hydrogen-bond donors (Lipinski definition) is 1. The van der Waals surface area contributed by atoms with Gasteiger partial charge in [-0.3, -0.25) is 4.79 Å². The highest BCUT2D eigenvalue weighted by Crippen LogP contribution is 2.59. The van der Waals surface area contributed by atoms with Gasteiger partial charge in [-0.1, -0.05) is 0 Å². The fourth-order valence-electron chi connectivity index (χ4n) is 5.74. The van der Waals surface area contributed by atoms with Crippen molar-refractivity contribution in [2.24, 2.45) is 23.2 Å². The fourth-order valence-corrected chi connectivity index (χ4v) is 5.74. The monoisotopic (exact) mass is 352 g/mol. The van der Waals surface area contributed by atoms with Crippen LogP contribution in [0.4, 0.5) is 0 Å². The lowest BCUT2D eigenvalue weighted by Crippen LogP contribution is -2.51. The molecule has 0 spiro atoms. The third-order valence-corrected chi connectivity index (χ3v) is 6.41. The first-order valence-electron chi connectivity index (χ1n) is 9.49. The minimum Gasteiger partial charge on any atom is -0.452 e. The molecule has 4 bridgehead atoms. The molecular weight excluding hydrogens is 328 g/mol. The van der Waals surface area contributed by atoms with Gasteiger partial charge >= 0.3 is 5.97 Å². The molecule has 4 saturated carbocycles. The Morgan fingerprint density at radius 1 is 1.08 bits per heavy atom. The van der Waals surface area contributed by atoms with Crippen molar-refractivity contribution in [1.82, 2.24) is 5.32 Å². The minimum atomic E-state index is -0.542. The molecule has 5 heteroatoms. The Morgan fingerprint density at radius 2 is 1.65 bits per heavy atom. The van der Waals surface area contributed by atoms with Crippen molar-refractivity contribution in [3.63, 3.8) is 0 Å². The second-order valence-corrected chi connectivity index (χ2v) is 8.46. The number of benzene rings is 1. The molecular formula is C21H24N2O3. The Morgan fingerprint density at radius 3 is 2.19 bits per heavy atom. The summed E-state index contributed by atoms with van der Waals surface area (Å²) in [7, 11) is 0. The lowest BCUT2D eigenvalue weighted by Gasteiger charge is -2.56. The SMILES string of the molecule is N#Cc1ccc(C(=O)OCC(=O)NCC23CC4CC(CC(C4)C2)C3)cc1. The largest absolute Gasteiger partial charge is 0.452 e. The van der Waals surface area contributed by atoms with Gasteiger partial charge in [-0.25, -0.2) is 4.79 Å². The first kappa shape index (κ1) is 17.1. The van der Waals surface area contributed by atoms with Crippen LogP contribution in [0, 0.1) is 34.5 Å². The van der Waals surface area contributed by atoms with Crippen molar-refractivity contribution in [2.75, 3.05) is 13.2 Å². The number of carbonyl (C=O) groups is 2. The molecule has 4 fully saturated rings. The van der Waals surface area contributed by atoms with E-state index >= 15 is 0 Å². The van der Waals surface area contributed by atoms with Crippen LogP contribution in [0.15, 0.2) is 24.3 Å². The zero-order chi connectivity index (χ0) is 18.1. The molecule has 5 nitrogen and oxygen atoms in total. The molecule has 0 atom stereocenters. The maximum atomic E-state index is 12.1. The van der Waals surface area contributed by atoms with Crippen LogP contribution in [0.1, 0.15) is 54.4 Å². The van der Waals surface area contributed by atoms with E-state index in [9.17, 15) is 9.59 Å². The fraction of sp³-hybridized carbons (Fsp3) is 0.571. The number of nitrogens with zero attached hydrogens (tertiary/aromatic N) is 1. The van der Waals surface area contributed by atoms with Crippen LogP contribution < -0.4 is 5.32 Å². The van der Waals surface area contributed by atoms with E-state index in [0.717, 1.165) is 17.8 Å². The summed E-state index contributed by atoms with van der Waals surface area (Å²) in [5, 5.41) is 11.8. The van der Waals surface area contributed by atoms with Gasteiger partial charge in [0.15, 0.2) is 6.61 Å². The van der Waals surface area contributed by atoms with Crippen molar-refractivity contribution in [3.05, 3.63) is 35.4 Å². The van der Waals surface area contributed by atoms with Gasteiger partial charge in [0.1, 0.15) is 0 Å². The zero-order valence-electron chi connectivity index (χ0n) is 14.9. The Kier molecular flexibility index (Phi) is 4.44. The van der Waals surface area contributed by atoms with Gasteiger partial charge < -0.3 is 10.1 Å². The van der Waals surface area contributed by atoms with E-state index < -0.39 is 5.97 Å². The summed E-state index contributed by atoms with van der Waals surface area (Å²) in [4.78, 5) is 24.1. The Bertz CT molecular complexity index is 712. The predicted molar refractivity (Wildman–Crippen MR) is 95.1 cm³/mol. The number of hydrogen-bond acceptors (Lipinski definition) is 4. The highest BCUT2D eigenvalue weighted by molar-refractivity contribution is 5.91. The summed E-state index contributed by atoms with van der Waals surface area (Å²) in [6, 6.07) is 8.19. The summed E-state index contributed by atoms with van der Waals surface area (Å²) in [5.74, 6) is 1.79. The number of nitriles is 1. The second kappa shape index (κ2) is 6.75. The maximum absolute atomic E-state index is 12.1. The number of ether oxygens (including phenoxy) is 1. The molecule has 0 saturated heterocycles. The predicted octanol–water partition coefficient (Wildman–Crippen LogP) is 3.05. The Balaban J connectivity index is 1.25. The molecule has 136 valence electrons. The van der Waals surface area contributed by atoms with E-state index in [2.05, 4.69) is 5.32 Å². The molecule has 1 aromatic carbocycles. The van der Waals surface area contributed by atoms with Crippen LogP contribution in [0.3, 0.4) is 0 Å². The van der Waals surface area contributed by atoms with Gasteiger partial charge in [0.2, 0.25) is 0 Å². The molecule has 0 radical (unpaired) electrons. The first-order valence-corrected chi connectivity index (χ1v) is 9.49. The second-order valence-electron chi connectivity index (χ2n) is 8.46. The highest BCUT2D eigenvalue weighted by Gasteiger charge is 2.50. The average Bonchev–Trinajstić information content (AvgIpc) is 2.63. The van der Waals surface area contributed by atoms with E-state index in [0.29, 0.717) is 17.7 Å². The summed E-state index contributed by atoms with van der Waals surface area (Å²) < 4.78 is 5.10. The summed E-state index contributed by atoms with van der Waals surface area (Å²) in [5.41, 5.74) is 1.11. The lowest BCUT2D eigenvalue weighted by atomic mass is 9.49. The molecule has 1 amide bonds. The quantitative estimate of drug-likeness (QED) is 0.826. The van der Waals surface area contributed by atoms with Crippen LogP contribution in [0.2, 0.25) is 0 Å². The summed E-state index contributed by atoms with van der Waals surface area (Å²) in [6.45, 7) is 0.453. The Hall–Kier alpha value is -2.35. The highest BCUT2D eigenvalue weighted by atomic mass is 16.5. The van der Waals surface area contributed by atoms with Gasteiger partial charge in [-0.2, -0.15) is 5.26 Å². The molecule has 0 heterocycles. The topological polar surface area (TPSA) is 79.2 Å². The van der Waals surface area contributed by atoms with E-state index in [4.69, 9.17) is 10.00 Å². The normalized spacial score (nSPS) is 31.3. The van der Waals surface area contributed by atoms with E-state index in [1.807, 2.05) is 6.07 Å². The van der Waals surface area contributed by atoms with Crippen LogP contribution in [0.5, 0.6) is 0 Å². The molecule has 0 aromatic heterocycles. The minimum absolute atomic E-state index is 0.234. The van der Waals surface area contributed by atoms with Gasteiger partial charge in [0, 0.05) is 6.54 Å². The van der Waals surface area contributed by atoms with Crippen LogP contribution in [-0.2, 0) is 9.53 Å². The first-order chi connectivity index (χ1) is 12.5. The van der Waals surface area contributed by atoms with Crippen LogP contribution in [-0.4, -0.2) is 25.0 Å². The van der Waals surface area contributed by atoms with Crippen molar-refractivity contribution in [3.8, 4) is 6.07 Å². The van der Waals surface area contributed by atoms with Crippen molar-refractivity contribution in [1.29, 1.82) is 5.26 Å². The number of esters is 1. The molecule has 5 rings (SSSR count). The third-order valence-electron chi connectivity index (χ3n) is 6.41. The van der Waals surface area contributed by atoms with Gasteiger partial charge in [0.05, 0.1) is 17.2 Å². The number of rotatable bonds is 5. The smallest absolute Gasteiger partial charge is 0.338 e. The van der Waals surface area contributed by atoms with Crippen molar-refractivity contribution >= 4 is 11.9 Å². The molecule has 0 aliphatic heterocycles. The van der Waals surface area contributed by atoms with Gasteiger partial charge in [-0.15, -0.1) is 0 Å². The molecule has 1 N–H and O–H groups in total. The number of amides is 1. The van der Waals surface area contributed by atoms with E-state index in [1.54, 1.807) is 12.1 Å². The van der Waals surface area contributed by atoms with Gasteiger partial charge in [-0.05, 0) is 86.0 Å². The molecule has 4 aliphatic rings. The zero-order valence-corrected chi connectivity index (χ0v) is 14.9. The van der Waals surface area contributed by atoms with Crippen molar-refractivity contribution in [2.45, 2.75) is 38.5 Å². The molecule has 4 aliphatic carbocycles. The average molecular weight is 352 g/mol. The molecule has 1 aromatic rings. The summed E-state index contributed by atoms with van der Waals surface area (Å²) in [6.07, 6.45) is 7.87. The van der Waals surface area contributed by atoms with E-state index in [-0.39, 0.29) is 17.9 Å².